The third-order valence-electron chi connectivity index (χ3n) is 5.57. The Kier molecular flexibility index (Phi) is 4.66. The summed E-state index contributed by atoms with van der Waals surface area (Å²) in [6, 6.07) is 5.28. The number of methoxy groups -OCH3 is 1. The highest BCUT2D eigenvalue weighted by molar-refractivity contribution is 6.32. The number of halogens is 1. The number of nitrogens with one attached hydrogen (secondary N) is 1. The highest BCUT2D eigenvalue weighted by Gasteiger charge is 2.35. The first-order valence-corrected chi connectivity index (χ1v) is 10.4. The van der Waals surface area contributed by atoms with E-state index in [1.165, 1.54) is 7.11 Å². The second-order valence-electron chi connectivity index (χ2n) is 7.71. The minimum absolute atomic E-state index is 0.291. The van der Waals surface area contributed by atoms with Crippen LogP contribution in [0, 0.1) is 5.92 Å². The number of hydrogen-bond acceptors (Lipinski definition) is 6. The predicted octanol–water partition coefficient (Wildman–Crippen LogP) is 3.22. The van der Waals surface area contributed by atoms with E-state index in [9.17, 15) is 4.79 Å². The molecule has 0 unspecified atom stereocenters. The molecule has 0 spiro atoms. The summed E-state index contributed by atoms with van der Waals surface area (Å²) in [5.74, 6) is 1.83. The van der Waals surface area contributed by atoms with Crippen molar-refractivity contribution in [2.75, 3.05) is 19.0 Å². The van der Waals surface area contributed by atoms with Crippen LogP contribution in [0.4, 0.5) is 5.69 Å². The molecule has 1 saturated carbocycles. The summed E-state index contributed by atoms with van der Waals surface area (Å²) in [6.07, 6.45) is 4.57. The van der Waals surface area contributed by atoms with Gasteiger partial charge in [0.2, 0.25) is 11.8 Å². The summed E-state index contributed by atoms with van der Waals surface area (Å²) in [4.78, 5) is 21.0. The van der Waals surface area contributed by atoms with Crippen LogP contribution in [0.15, 0.2) is 24.4 Å². The molecule has 0 bridgehead atoms. The molecule has 3 heterocycles. The van der Waals surface area contributed by atoms with Crippen molar-refractivity contribution in [3.05, 3.63) is 29.4 Å². The van der Waals surface area contributed by atoms with Gasteiger partial charge in [-0.1, -0.05) is 11.6 Å². The van der Waals surface area contributed by atoms with Gasteiger partial charge in [-0.15, -0.1) is 0 Å². The highest BCUT2D eigenvalue weighted by Crippen LogP contribution is 2.39. The van der Waals surface area contributed by atoms with Gasteiger partial charge < -0.3 is 25.1 Å². The van der Waals surface area contributed by atoms with Gasteiger partial charge in [0.1, 0.15) is 28.2 Å². The van der Waals surface area contributed by atoms with Gasteiger partial charge in [0.25, 0.3) is 0 Å². The number of primary amides is 1. The van der Waals surface area contributed by atoms with Gasteiger partial charge in [-0.25, -0.2) is 9.97 Å². The number of hydrogen-bond donors (Lipinski definition) is 2. The molecule has 0 radical (unpaired) electrons. The number of nitrogens with zero attached hydrogens (tertiary/aromatic N) is 3. The van der Waals surface area contributed by atoms with Crippen LogP contribution in [0.25, 0.3) is 22.4 Å². The van der Waals surface area contributed by atoms with Crippen molar-refractivity contribution in [3.63, 3.8) is 0 Å². The van der Waals surface area contributed by atoms with Crippen LogP contribution >= 0.6 is 11.6 Å². The van der Waals surface area contributed by atoms with Crippen molar-refractivity contribution in [1.29, 1.82) is 0 Å². The zero-order valence-electron chi connectivity index (χ0n) is 16.5. The Bertz CT molecular complexity index is 1140. The average Bonchev–Trinajstić information content (AvgIpc) is 3.52. The van der Waals surface area contributed by atoms with Gasteiger partial charge in [0.15, 0.2) is 0 Å². The molecule has 1 fully saturated rings. The van der Waals surface area contributed by atoms with Gasteiger partial charge in [-0.05, 0) is 37.3 Å². The van der Waals surface area contributed by atoms with Gasteiger partial charge in [-0.3, -0.25) is 4.79 Å². The van der Waals surface area contributed by atoms with Crippen molar-refractivity contribution in [2.45, 2.75) is 31.8 Å². The molecule has 2 aromatic heterocycles. The fourth-order valence-corrected chi connectivity index (χ4v) is 4.24. The summed E-state index contributed by atoms with van der Waals surface area (Å²) in [5, 5.41) is 3.72. The van der Waals surface area contributed by atoms with E-state index >= 15 is 0 Å². The first-order valence-electron chi connectivity index (χ1n) is 9.98. The van der Waals surface area contributed by atoms with Crippen molar-refractivity contribution in [3.8, 4) is 23.0 Å². The SMILES string of the molecule is COc1ncc(-c2nc3cc(N[C@H](C(N)=O)C4CC4)cc4c3n2CCCO4)cc1Cl. The smallest absolute Gasteiger partial charge is 0.240 e. The fraction of sp³-hybridized carbons (Fsp3) is 0.381. The topological polar surface area (TPSA) is 104 Å². The average molecular weight is 428 g/mol. The molecule has 9 heteroatoms. The Balaban J connectivity index is 1.61. The number of pyridine rings is 1. The van der Waals surface area contributed by atoms with Gasteiger partial charge in [0, 0.05) is 30.1 Å². The van der Waals surface area contributed by atoms with E-state index in [0.717, 1.165) is 59.7 Å². The molecule has 3 N–H and O–H groups in total. The fourth-order valence-electron chi connectivity index (χ4n) is 3.99. The van der Waals surface area contributed by atoms with Crippen LogP contribution in [-0.4, -0.2) is 40.2 Å². The first-order chi connectivity index (χ1) is 14.5. The van der Waals surface area contributed by atoms with Crippen LogP contribution in [0.2, 0.25) is 5.02 Å². The molecule has 30 heavy (non-hydrogen) atoms. The Morgan fingerprint density at radius 2 is 2.23 bits per heavy atom. The summed E-state index contributed by atoms with van der Waals surface area (Å²) in [6.45, 7) is 1.37. The van der Waals surface area contributed by atoms with Crippen LogP contribution in [0.1, 0.15) is 19.3 Å². The van der Waals surface area contributed by atoms with E-state index in [2.05, 4.69) is 14.9 Å². The molecule has 1 amide bonds. The van der Waals surface area contributed by atoms with E-state index in [1.807, 2.05) is 12.1 Å². The minimum Gasteiger partial charge on any atom is -0.491 e. The molecule has 1 aliphatic heterocycles. The molecule has 5 rings (SSSR count). The maximum Gasteiger partial charge on any atom is 0.240 e. The Hall–Kier alpha value is -3.00. The van der Waals surface area contributed by atoms with Crippen LogP contribution in [0.5, 0.6) is 11.6 Å². The number of rotatable bonds is 6. The van der Waals surface area contributed by atoms with Crippen LogP contribution in [0.3, 0.4) is 0 Å². The molecular formula is C21H22ClN5O3. The van der Waals surface area contributed by atoms with E-state index < -0.39 is 0 Å². The number of nitrogens with two attached hydrogens (primary N) is 1. The first kappa shape index (κ1) is 19.0. The molecule has 3 aromatic rings. The summed E-state index contributed by atoms with van der Waals surface area (Å²) < 4.78 is 13.3. The highest BCUT2D eigenvalue weighted by atomic mass is 35.5. The minimum atomic E-state index is -0.383. The van der Waals surface area contributed by atoms with Gasteiger partial charge in [-0.2, -0.15) is 0 Å². The molecule has 156 valence electrons. The second kappa shape index (κ2) is 7.36. The molecule has 1 aromatic carbocycles. The van der Waals surface area contributed by atoms with Gasteiger partial charge in [0.05, 0.1) is 19.2 Å². The lowest BCUT2D eigenvalue weighted by Gasteiger charge is -2.17. The van der Waals surface area contributed by atoms with Crippen molar-refractivity contribution < 1.29 is 14.3 Å². The monoisotopic (exact) mass is 427 g/mol. The number of carbonyl (C=O) groups is 1. The quantitative estimate of drug-likeness (QED) is 0.625. The molecule has 1 aliphatic carbocycles. The zero-order chi connectivity index (χ0) is 20.8. The van der Waals surface area contributed by atoms with Crippen LogP contribution in [-0.2, 0) is 11.3 Å². The normalized spacial score (nSPS) is 16.6. The maximum atomic E-state index is 11.9. The number of anilines is 1. The lowest BCUT2D eigenvalue weighted by atomic mass is 10.1. The van der Waals surface area contributed by atoms with Crippen molar-refractivity contribution in [2.24, 2.45) is 11.7 Å². The van der Waals surface area contributed by atoms with E-state index in [-0.39, 0.29) is 11.9 Å². The lowest BCUT2D eigenvalue weighted by Crippen LogP contribution is -2.37. The Morgan fingerprint density at radius 1 is 1.40 bits per heavy atom. The summed E-state index contributed by atoms with van der Waals surface area (Å²) >= 11 is 6.30. The van der Waals surface area contributed by atoms with E-state index in [4.69, 9.17) is 31.8 Å². The second-order valence-corrected chi connectivity index (χ2v) is 8.12. The molecule has 1 atom stereocenters. The number of aryl methyl sites for hydroxylation is 1. The summed E-state index contributed by atoms with van der Waals surface area (Å²) in [7, 11) is 1.53. The van der Waals surface area contributed by atoms with E-state index in [1.54, 1.807) is 12.3 Å². The van der Waals surface area contributed by atoms with E-state index in [0.29, 0.717) is 23.4 Å². The number of imidazole rings is 1. The van der Waals surface area contributed by atoms with Crippen molar-refractivity contribution >= 4 is 34.2 Å². The van der Waals surface area contributed by atoms with Crippen LogP contribution < -0.4 is 20.5 Å². The van der Waals surface area contributed by atoms with Crippen molar-refractivity contribution in [1.82, 2.24) is 14.5 Å². The van der Waals surface area contributed by atoms with Gasteiger partial charge >= 0.3 is 0 Å². The lowest BCUT2D eigenvalue weighted by molar-refractivity contribution is -0.119. The number of carbonyl (C=O) groups excluding carboxylic acids is 1. The summed E-state index contributed by atoms with van der Waals surface area (Å²) in [5.41, 5.74) is 8.87. The number of ether oxygens (including phenoxy) is 2. The zero-order valence-corrected chi connectivity index (χ0v) is 17.3. The predicted molar refractivity (Wildman–Crippen MR) is 114 cm³/mol. The molecule has 2 aliphatic rings. The standard InChI is InChI=1S/C21H22ClN5O3/c1-29-21-14(22)7-12(10-24-21)20-26-15-8-13(25-17(19(23)28)11-3-4-11)9-16-18(15)27(20)5-2-6-30-16/h7-11,17,25H,2-6H2,1H3,(H2,23,28)/t17-/m0/s1. The number of aromatic nitrogens is 3. The molecule has 0 saturated heterocycles. The third kappa shape index (κ3) is 3.31. The largest absolute Gasteiger partial charge is 0.491 e. The molecular weight excluding hydrogens is 406 g/mol. The molecule has 8 nitrogen and oxygen atoms in total. The maximum absolute atomic E-state index is 11.9. The third-order valence-corrected chi connectivity index (χ3v) is 5.84. The number of benzene rings is 1. The Morgan fingerprint density at radius 3 is 2.93 bits per heavy atom. The number of amides is 1. The Labute approximate surface area is 178 Å².